The van der Waals surface area contributed by atoms with Gasteiger partial charge in [0.15, 0.2) is 0 Å². The second-order valence-corrected chi connectivity index (χ2v) is 5.88. The molecule has 1 aliphatic rings. The molecule has 0 bridgehead atoms. The van der Waals surface area contributed by atoms with Crippen LogP contribution in [0.1, 0.15) is 21.6 Å². The molecule has 3 nitrogen and oxygen atoms in total. The highest BCUT2D eigenvalue weighted by Gasteiger charge is 2.27. The summed E-state index contributed by atoms with van der Waals surface area (Å²) in [6, 6.07) is 14.4. The summed E-state index contributed by atoms with van der Waals surface area (Å²) in [5.74, 6) is -0.714. The monoisotopic (exact) mass is 321 g/mol. The molecule has 0 aliphatic heterocycles. The molecule has 0 fully saturated rings. The van der Waals surface area contributed by atoms with Crippen LogP contribution >= 0.6 is 0 Å². The number of halogens is 1. The maximum Gasteiger partial charge on any atom is 0.355 e. The Hall–Kier alpha value is -2.88. The van der Waals surface area contributed by atoms with Gasteiger partial charge in [-0.2, -0.15) is 0 Å². The number of fused-ring (bicyclic) bond motifs is 3. The highest BCUT2D eigenvalue weighted by Crippen LogP contribution is 2.41. The fourth-order valence-electron chi connectivity index (χ4n) is 3.45. The van der Waals surface area contributed by atoms with Crippen LogP contribution in [0.5, 0.6) is 0 Å². The van der Waals surface area contributed by atoms with Crippen LogP contribution in [0, 0.1) is 5.82 Å². The fraction of sp³-hybridized carbons (Fsp3) is 0.150. The number of rotatable bonds is 2. The first kappa shape index (κ1) is 14.7. The third kappa shape index (κ3) is 2.22. The molecular formula is C20H16FNO2. The lowest BCUT2D eigenvalue weighted by Crippen LogP contribution is -2.04. The van der Waals surface area contributed by atoms with Crippen LogP contribution in [0.25, 0.3) is 22.4 Å². The molecule has 120 valence electrons. The number of hydrogen-bond acceptors (Lipinski definition) is 2. The highest BCUT2D eigenvalue weighted by atomic mass is 19.1. The Labute approximate surface area is 139 Å². The molecule has 0 atom stereocenters. The number of benzene rings is 2. The quantitative estimate of drug-likeness (QED) is 0.712. The maximum absolute atomic E-state index is 13.3. The van der Waals surface area contributed by atoms with Crippen molar-refractivity contribution in [1.82, 2.24) is 4.98 Å². The van der Waals surface area contributed by atoms with Gasteiger partial charge in [-0.05, 0) is 41.7 Å². The topological polar surface area (TPSA) is 42.1 Å². The van der Waals surface area contributed by atoms with Crippen LogP contribution in [0.2, 0.25) is 0 Å². The average molecular weight is 321 g/mol. The number of esters is 1. The molecule has 0 radical (unpaired) electrons. The van der Waals surface area contributed by atoms with Crippen LogP contribution in [0.4, 0.5) is 4.39 Å². The molecule has 3 aromatic rings. The summed E-state index contributed by atoms with van der Waals surface area (Å²) in [7, 11) is 1.37. The molecule has 0 spiro atoms. The van der Waals surface area contributed by atoms with E-state index >= 15 is 0 Å². The van der Waals surface area contributed by atoms with Crippen molar-refractivity contribution in [1.29, 1.82) is 0 Å². The van der Waals surface area contributed by atoms with Gasteiger partial charge in [0.2, 0.25) is 0 Å². The molecular weight excluding hydrogens is 305 g/mol. The smallest absolute Gasteiger partial charge is 0.355 e. The molecule has 4 rings (SSSR count). The number of carbonyl (C=O) groups excluding carboxylic acids is 1. The molecule has 0 unspecified atom stereocenters. The van der Waals surface area contributed by atoms with Crippen molar-refractivity contribution in [2.45, 2.75) is 12.8 Å². The average Bonchev–Trinajstić information content (AvgIpc) is 3.01. The first-order valence-corrected chi connectivity index (χ1v) is 7.86. The molecule has 0 amide bonds. The van der Waals surface area contributed by atoms with E-state index in [1.807, 2.05) is 12.1 Å². The number of carbonyl (C=O) groups is 1. The van der Waals surface area contributed by atoms with Gasteiger partial charge < -0.3 is 9.72 Å². The summed E-state index contributed by atoms with van der Waals surface area (Å²) in [5, 5.41) is 0. The van der Waals surface area contributed by atoms with E-state index in [-0.39, 0.29) is 5.82 Å². The van der Waals surface area contributed by atoms with Gasteiger partial charge in [0.1, 0.15) is 11.5 Å². The third-order valence-corrected chi connectivity index (χ3v) is 4.56. The second kappa shape index (κ2) is 5.64. The zero-order chi connectivity index (χ0) is 16.7. The highest BCUT2D eigenvalue weighted by molar-refractivity contribution is 5.99. The Balaban J connectivity index is 1.98. The van der Waals surface area contributed by atoms with Crippen molar-refractivity contribution < 1.29 is 13.9 Å². The van der Waals surface area contributed by atoms with Gasteiger partial charge in [0.05, 0.1) is 12.8 Å². The van der Waals surface area contributed by atoms with Crippen LogP contribution in [-0.4, -0.2) is 18.1 Å². The van der Waals surface area contributed by atoms with Crippen molar-refractivity contribution >= 4 is 5.97 Å². The van der Waals surface area contributed by atoms with Gasteiger partial charge in [-0.3, -0.25) is 0 Å². The van der Waals surface area contributed by atoms with E-state index < -0.39 is 5.97 Å². The number of nitrogens with one attached hydrogen (secondary N) is 1. The molecule has 1 heterocycles. The van der Waals surface area contributed by atoms with Gasteiger partial charge in [0.25, 0.3) is 0 Å². The number of aryl methyl sites for hydroxylation is 1. The van der Waals surface area contributed by atoms with Gasteiger partial charge in [0, 0.05) is 11.1 Å². The van der Waals surface area contributed by atoms with E-state index in [1.54, 1.807) is 12.1 Å². The number of methoxy groups -OCH3 is 1. The zero-order valence-electron chi connectivity index (χ0n) is 13.2. The number of aromatic amines is 1. The Morgan fingerprint density at radius 1 is 1.08 bits per heavy atom. The minimum absolute atomic E-state index is 0.298. The van der Waals surface area contributed by atoms with E-state index in [0.29, 0.717) is 5.69 Å². The molecule has 0 saturated carbocycles. The lowest BCUT2D eigenvalue weighted by Gasteiger charge is -2.17. The van der Waals surface area contributed by atoms with Crippen molar-refractivity contribution in [3.63, 3.8) is 0 Å². The Morgan fingerprint density at radius 3 is 2.58 bits per heavy atom. The Kier molecular flexibility index (Phi) is 3.45. The van der Waals surface area contributed by atoms with E-state index in [2.05, 4.69) is 17.1 Å². The van der Waals surface area contributed by atoms with E-state index in [4.69, 9.17) is 4.74 Å². The van der Waals surface area contributed by atoms with Gasteiger partial charge in [-0.15, -0.1) is 0 Å². The SMILES string of the molecule is COC(=O)c1[nH]c2c(c1-c1ccc(F)cc1)CCc1ccccc1-2. The van der Waals surface area contributed by atoms with Crippen molar-refractivity contribution in [2.24, 2.45) is 0 Å². The van der Waals surface area contributed by atoms with Gasteiger partial charge in [-0.1, -0.05) is 36.4 Å². The van der Waals surface area contributed by atoms with Crippen LogP contribution < -0.4 is 0 Å². The van der Waals surface area contributed by atoms with Gasteiger partial charge >= 0.3 is 5.97 Å². The number of hydrogen-bond donors (Lipinski definition) is 1. The van der Waals surface area contributed by atoms with Crippen molar-refractivity contribution in [3.05, 3.63) is 71.2 Å². The minimum Gasteiger partial charge on any atom is -0.464 e. The summed E-state index contributed by atoms with van der Waals surface area (Å²) < 4.78 is 18.2. The number of aromatic nitrogens is 1. The normalized spacial score (nSPS) is 12.4. The third-order valence-electron chi connectivity index (χ3n) is 4.56. The zero-order valence-corrected chi connectivity index (χ0v) is 13.2. The molecule has 0 saturated heterocycles. The molecule has 4 heteroatoms. The Morgan fingerprint density at radius 2 is 1.83 bits per heavy atom. The van der Waals surface area contributed by atoms with Crippen LogP contribution in [0.15, 0.2) is 48.5 Å². The summed E-state index contributed by atoms with van der Waals surface area (Å²) in [6.07, 6.45) is 1.74. The molecule has 2 aromatic carbocycles. The first-order valence-electron chi connectivity index (χ1n) is 7.86. The van der Waals surface area contributed by atoms with Crippen LogP contribution in [0.3, 0.4) is 0 Å². The molecule has 24 heavy (non-hydrogen) atoms. The lowest BCUT2D eigenvalue weighted by molar-refractivity contribution is 0.0596. The summed E-state index contributed by atoms with van der Waals surface area (Å²) in [6.45, 7) is 0. The number of ether oxygens (including phenoxy) is 1. The van der Waals surface area contributed by atoms with E-state index in [9.17, 15) is 9.18 Å². The largest absolute Gasteiger partial charge is 0.464 e. The number of H-pyrrole nitrogens is 1. The predicted octanol–water partition coefficient (Wildman–Crippen LogP) is 4.37. The molecule has 1 aromatic heterocycles. The predicted molar refractivity (Wildman–Crippen MR) is 90.4 cm³/mol. The molecule has 1 aliphatic carbocycles. The lowest BCUT2D eigenvalue weighted by atomic mass is 9.87. The minimum atomic E-state index is -0.416. The van der Waals surface area contributed by atoms with Crippen molar-refractivity contribution in [3.8, 4) is 22.4 Å². The summed E-state index contributed by atoms with van der Waals surface area (Å²) >= 11 is 0. The fourth-order valence-corrected chi connectivity index (χ4v) is 3.45. The summed E-state index contributed by atoms with van der Waals surface area (Å²) in [5.41, 5.74) is 6.45. The standard InChI is InChI=1S/C20H16FNO2/c1-24-20(23)19-17(13-6-9-14(21)10-7-13)16-11-8-12-4-2-3-5-15(12)18(16)22-19/h2-7,9-10,22H,8,11H2,1H3. The maximum atomic E-state index is 13.3. The summed E-state index contributed by atoms with van der Waals surface area (Å²) in [4.78, 5) is 15.5. The van der Waals surface area contributed by atoms with Crippen LogP contribution in [-0.2, 0) is 17.6 Å². The Bertz CT molecular complexity index is 925. The molecule has 1 N–H and O–H groups in total. The second-order valence-electron chi connectivity index (χ2n) is 5.88. The van der Waals surface area contributed by atoms with E-state index in [0.717, 1.165) is 40.8 Å². The van der Waals surface area contributed by atoms with E-state index in [1.165, 1.54) is 24.8 Å². The van der Waals surface area contributed by atoms with Crippen molar-refractivity contribution in [2.75, 3.05) is 7.11 Å². The van der Waals surface area contributed by atoms with Gasteiger partial charge in [-0.25, -0.2) is 9.18 Å². The first-order chi connectivity index (χ1) is 11.7.